The lowest BCUT2D eigenvalue weighted by molar-refractivity contribution is 0.0726. The molecular formula is C22H27NO2. The molecule has 2 aromatic rings. The number of likely N-dealkylation sites (tertiary alicyclic amines) is 1. The Balaban J connectivity index is 1.55. The SMILES string of the molecule is Cc1ccc(C(=O)C2CCN(CC(O)c3ccccc3)CC2)c(C)c1. The minimum atomic E-state index is -0.465. The highest BCUT2D eigenvalue weighted by Crippen LogP contribution is 2.25. The number of benzene rings is 2. The summed E-state index contributed by atoms with van der Waals surface area (Å²) in [6.45, 7) is 6.44. The van der Waals surface area contributed by atoms with Crippen LogP contribution in [0, 0.1) is 19.8 Å². The Morgan fingerprint density at radius 2 is 1.80 bits per heavy atom. The monoisotopic (exact) mass is 337 g/mol. The summed E-state index contributed by atoms with van der Waals surface area (Å²) < 4.78 is 0. The van der Waals surface area contributed by atoms with Crippen LogP contribution in [0.1, 0.15) is 46.0 Å². The van der Waals surface area contributed by atoms with Gasteiger partial charge in [0.15, 0.2) is 5.78 Å². The van der Waals surface area contributed by atoms with Gasteiger partial charge in [0.1, 0.15) is 0 Å². The maximum absolute atomic E-state index is 12.8. The minimum absolute atomic E-state index is 0.103. The quantitative estimate of drug-likeness (QED) is 0.841. The van der Waals surface area contributed by atoms with Crippen molar-refractivity contribution < 1.29 is 9.90 Å². The van der Waals surface area contributed by atoms with E-state index in [1.165, 1.54) is 5.56 Å². The molecule has 0 aromatic heterocycles. The van der Waals surface area contributed by atoms with Gasteiger partial charge in [0.2, 0.25) is 0 Å². The van der Waals surface area contributed by atoms with E-state index in [9.17, 15) is 9.90 Å². The molecule has 1 unspecified atom stereocenters. The Labute approximate surface area is 150 Å². The van der Waals surface area contributed by atoms with Gasteiger partial charge in [-0.05, 0) is 50.9 Å². The second kappa shape index (κ2) is 7.94. The number of β-amino-alcohol motifs (C(OH)–C–C–N with tert-alkyl or cyclic N) is 1. The third kappa shape index (κ3) is 4.36. The van der Waals surface area contributed by atoms with Gasteiger partial charge < -0.3 is 10.0 Å². The fourth-order valence-corrected chi connectivity index (χ4v) is 3.71. The third-order valence-corrected chi connectivity index (χ3v) is 5.22. The molecule has 0 bridgehead atoms. The number of aryl methyl sites for hydroxylation is 2. The molecule has 25 heavy (non-hydrogen) atoms. The molecule has 1 fully saturated rings. The molecule has 132 valence electrons. The Morgan fingerprint density at radius 3 is 2.44 bits per heavy atom. The molecule has 0 spiro atoms. The van der Waals surface area contributed by atoms with Crippen molar-refractivity contribution in [1.82, 2.24) is 4.90 Å². The van der Waals surface area contributed by atoms with Crippen molar-refractivity contribution in [2.45, 2.75) is 32.8 Å². The molecule has 1 heterocycles. The van der Waals surface area contributed by atoms with E-state index < -0.39 is 6.10 Å². The summed E-state index contributed by atoms with van der Waals surface area (Å²) in [5.41, 5.74) is 4.09. The van der Waals surface area contributed by atoms with E-state index in [0.29, 0.717) is 6.54 Å². The Bertz CT molecular complexity index is 718. The summed E-state index contributed by atoms with van der Waals surface area (Å²) in [6, 6.07) is 15.9. The molecular weight excluding hydrogens is 310 g/mol. The number of hydrogen-bond acceptors (Lipinski definition) is 3. The van der Waals surface area contributed by atoms with Gasteiger partial charge >= 0.3 is 0 Å². The third-order valence-electron chi connectivity index (χ3n) is 5.22. The van der Waals surface area contributed by atoms with E-state index in [-0.39, 0.29) is 11.7 Å². The smallest absolute Gasteiger partial charge is 0.166 e. The van der Waals surface area contributed by atoms with Crippen molar-refractivity contribution in [3.05, 3.63) is 70.8 Å². The fourth-order valence-electron chi connectivity index (χ4n) is 3.71. The van der Waals surface area contributed by atoms with E-state index in [2.05, 4.69) is 17.9 Å². The highest BCUT2D eigenvalue weighted by molar-refractivity contribution is 5.99. The number of aliphatic hydroxyl groups is 1. The zero-order chi connectivity index (χ0) is 17.8. The summed E-state index contributed by atoms with van der Waals surface area (Å²) in [5, 5.41) is 10.4. The van der Waals surface area contributed by atoms with Crippen LogP contribution in [0.4, 0.5) is 0 Å². The molecule has 1 aliphatic heterocycles. The molecule has 2 aromatic carbocycles. The average molecular weight is 337 g/mol. The molecule has 0 amide bonds. The first-order valence-corrected chi connectivity index (χ1v) is 9.11. The van der Waals surface area contributed by atoms with Crippen LogP contribution in [0.15, 0.2) is 48.5 Å². The molecule has 1 N–H and O–H groups in total. The van der Waals surface area contributed by atoms with Crippen molar-refractivity contribution in [1.29, 1.82) is 0 Å². The first kappa shape index (κ1) is 17.8. The van der Waals surface area contributed by atoms with E-state index in [4.69, 9.17) is 0 Å². The molecule has 1 saturated heterocycles. The first-order chi connectivity index (χ1) is 12.0. The summed E-state index contributed by atoms with van der Waals surface area (Å²) in [6.07, 6.45) is 1.27. The van der Waals surface area contributed by atoms with E-state index in [0.717, 1.165) is 42.6 Å². The van der Waals surface area contributed by atoms with Crippen LogP contribution in [-0.4, -0.2) is 35.4 Å². The lowest BCUT2D eigenvalue weighted by Gasteiger charge is -2.32. The highest BCUT2D eigenvalue weighted by atomic mass is 16.3. The summed E-state index contributed by atoms with van der Waals surface area (Å²) in [7, 11) is 0. The van der Waals surface area contributed by atoms with Crippen molar-refractivity contribution in [2.24, 2.45) is 5.92 Å². The summed E-state index contributed by atoms with van der Waals surface area (Å²) in [4.78, 5) is 15.1. The van der Waals surface area contributed by atoms with Crippen molar-refractivity contribution in [3.63, 3.8) is 0 Å². The fraction of sp³-hybridized carbons (Fsp3) is 0.409. The second-order valence-electron chi connectivity index (χ2n) is 7.18. The van der Waals surface area contributed by atoms with Gasteiger partial charge in [-0.15, -0.1) is 0 Å². The standard InChI is InChI=1S/C22H27NO2/c1-16-8-9-20(17(2)14-16)22(25)19-10-12-23(13-11-19)15-21(24)18-6-4-3-5-7-18/h3-9,14,19,21,24H,10-13,15H2,1-2H3. The van der Waals surface area contributed by atoms with Gasteiger partial charge in [0.25, 0.3) is 0 Å². The van der Waals surface area contributed by atoms with E-state index >= 15 is 0 Å². The van der Waals surface area contributed by atoms with Gasteiger partial charge in [-0.3, -0.25) is 4.79 Å². The lowest BCUT2D eigenvalue weighted by Crippen LogP contribution is -2.38. The molecule has 1 atom stereocenters. The van der Waals surface area contributed by atoms with Crippen molar-refractivity contribution in [3.8, 4) is 0 Å². The van der Waals surface area contributed by atoms with Gasteiger partial charge in [-0.25, -0.2) is 0 Å². The molecule has 3 nitrogen and oxygen atoms in total. The average Bonchev–Trinajstić information content (AvgIpc) is 2.62. The van der Waals surface area contributed by atoms with Crippen LogP contribution in [0.3, 0.4) is 0 Å². The zero-order valence-electron chi connectivity index (χ0n) is 15.1. The van der Waals surface area contributed by atoms with Crippen LogP contribution in [0.25, 0.3) is 0 Å². The Hall–Kier alpha value is -1.97. The van der Waals surface area contributed by atoms with E-state index in [1.807, 2.05) is 49.4 Å². The van der Waals surface area contributed by atoms with Crippen molar-refractivity contribution in [2.75, 3.05) is 19.6 Å². The largest absolute Gasteiger partial charge is 0.387 e. The van der Waals surface area contributed by atoms with Crippen LogP contribution in [0.5, 0.6) is 0 Å². The van der Waals surface area contributed by atoms with Gasteiger partial charge in [-0.2, -0.15) is 0 Å². The summed E-state index contributed by atoms with van der Waals surface area (Å²) >= 11 is 0. The van der Waals surface area contributed by atoms with Gasteiger partial charge in [0.05, 0.1) is 6.10 Å². The van der Waals surface area contributed by atoms with Crippen LogP contribution in [0.2, 0.25) is 0 Å². The van der Waals surface area contributed by atoms with Crippen LogP contribution >= 0.6 is 0 Å². The molecule has 1 aliphatic rings. The van der Waals surface area contributed by atoms with Gasteiger partial charge in [-0.1, -0.05) is 54.1 Å². The topological polar surface area (TPSA) is 40.5 Å². The predicted octanol–water partition coefficient (Wildman–Crippen LogP) is 3.93. The molecule has 3 heteroatoms. The number of rotatable bonds is 5. The number of nitrogens with zero attached hydrogens (tertiary/aromatic N) is 1. The number of Topliss-reactive ketones (excluding diaryl/α,β-unsaturated/α-hetero) is 1. The zero-order valence-corrected chi connectivity index (χ0v) is 15.1. The number of ketones is 1. The Morgan fingerprint density at radius 1 is 1.12 bits per heavy atom. The lowest BCUT2D eigenvalue weighted by atomic mass is 9.87. The van der Waals surface area contributed by atoms with Crippen LogP contribution in [-0.2, 0) is 0 Å². The van der Waals surface area contributed by atoms with Crippen molar-refractivity contribution >= 4 is 5.78 Å². The normalized spacial score (nSPS) is 17.4. The Kier molecular flexibility index (Phi) is 5.67. The number of carbonyl (C=O) groups is 1. The summed E-state index contributed by atoms with van der Waals surface area (Å²) in [5.74, 6) is 0.382. The maximum Gasteiger partial charge on any atom is 0.166 e. The number of piperidine rings is 1. The number of carbonyl (C=O) groups excluding carboxylic acids is 1. The molecule has 0 aliphatic carbocycles. The second-order valence-corrected chi connectivity index (χ2v) is 7.18. The van der Waals surface area contributed by atoms with Gasteiger partial charge in [0, 0.05) is 18.0 Å². The maximum atomic E-state index is 12.8. The predicted molar refractivity (Wildman–Crippen MR) is 101 cm³/mol. The highest BCUT2D eigenvalue weighted by Gasteiger charge is 2.27. The van der Waals surface area contributed by atoms with E-state index in [1.54, 1.807) is 0 Å². The molecule has 3 rings (SSSR count). The number of hydrogen-bond donors (Lipinski definition) is 1. The molecule has 0 radical (unpaired) electrons. The first-order valence-electron chi connectivity index (χ1n) is 9.11. The number of aliphatic hydroxyl groups excluding tert-OH is 1. The van der Waals surface area contributed by atoms with Crippen LogP contribution < -0.4 is 0 Å². The minimum Gasteiger partial charge on any atom is -0.387 e. The molecule has 0 saturated carbocycles.